The predicted molar refractivity (Wildman–Crippen MR) is 161 cm³/mol. The van der Waals surface area contributed by atoms with Crippen molar-refractivity contribution in [1.82, 2.24) is 30.2 Å². The maximum Gasteiger partial charge on any atom is 0.325 e. The van der Waals surface area contributed by atoms with E-state index < -0.39 is 0 Å². The van der Waals surface area contributed by atoms with Gasteiger partial charge in [0, 0.05) is 29.6 Å². The van der Waals surface area contributed by atoms with Gasteiger partial charge < -0.3 is 25.3 Å². The van der Waals surface area contributed by atoms with Gasteiger partial charge in [0.15, 0.2) is 16.6 Å². The number of nitrogens with zero attached hydrogens (tertiary/aromatic N) is 5. The molecule has 4 aromatic rings. The molecule has 0 saturated heterocycles. The Bertz CT molecular complexity index is 1440. The van der Waals surface area contributed by atoms with E-state index in [0.29, 0.717) is 36.3 Å². The smallest absolute Gasteiger partial charge is 0.325 e. The highest BCUT2D eigenvalue weighted by Crippen LogP contribution is 2.26. The molecule has 11 nitrogen and oxygen atoms in total. The first-order valence-electron chi connectivity index (χ1n) is 13.2. The second-order valence-corrected chi connectivity index (χ2v) is 10.9. The number of H-pyrrole nitrogens is 1. The van der Waals surface area contributed by atoms with Crippen molar-refractivity contribution in [2.24, 2.45) is 4.99 Å². The second-order valence-electron chi connectivity index (χ2n) is 9.58. The Hall–Kier alpha value is -4.16. The molecule has 5 rings (SSSR count). The van der Waals surface area contributed by atoms with Crippen molar-refractivity contribution >= 4 is 45.6 Å². The number of thioether (sulfide) groups is 1. The number of anilines is 2. The third kappa shape index (κ3) is 7.48. The van der Waals surface area contributed by atoms with Crippen LogP contribution in [0.4, 0.5) is 16.3 Å². The Labute approximate surface area is 237 Å². The van der Waals surface area contributed by atoms with Crippen LogP contribution in [-0.2, 0) is 0 Å². The van der Waals surface area contributed by atoms with Gasteiger partial charge >= 0.3 is 6.03 Å². The number of imidazole rings is 1. The highest BCUT2D eigenvalue weighted by molar-refractivity contribution is 8.14. The third-order valence-electron chi connectivity index (χ3n) is 6.16. The molecule has 0 radical (unpaired) electrons. The molecule has 1 atom stereocenters. The number of aromatic nitrogens is 4. The highest BCUT2D eigenvalue weighted by Gasteiger charge is 2.21. The predicted octanol–water partition coefficient (Wildman–Crippen LogP) is 4.45. The highest BCUT2D eigenvalue weighted by atomic mass is 32.2. The number of urea groups is 1. The van der Waals surface area contributed by atoms with Crippen LogP contribution in [0, 0.1) is 0 Å². The van der Waals surface area contributed by atoms with Crippen LogP contribution >= 0.6 is 11.8 Å². The largest absolute Gasteiger partial charge is 0.494 e. The van der Waals surface area contributed by atoms with E-state index in [2.05, 4.69) is 59.9 Å². The molecule has 1 unspecified atom stereocenters. The number of hydrogen-bond acceptors (Lipinski definition) is 9. The topological polar surface area (TPSA) is 132 Å². The first-order valence-corrected chi connectivity index (χ1v) is 14.1. The molecule has 40 heavy (non-hydrogen) atoms. The SMILES string of the molecule is CN(C)CCCOc1ccc(-c2nc3ncnc(NCCC4CN=C(NC(=O)Nc5ccccc5)S4)c3[nH]2)cc1. The van der Waals surface area contributed by atoms with Crippen LogP contribution in [-0.4, -0.2) is 81.6 Å². The number of carbonyl (C=O) groups excluding carboxylic acids is 1. The number of ether oxygens (including phenoxy) is 1. The van der Waals surface area contributed by atoms with Crippen molar-refractivity contribution < 1.29 is 9.53 Å². The van der Waals surface area contributed by atoms with Gasteiger partial charge in [-0.15, -0.1) is 0 Å². The van der Waals surface area contributed by atoms with Gasteiger partial charge in [0.2, 0.25) is 0 Å². The molecule has 0 saturated carbocycles. The maximum atomic E-state index is 12.2. The molecular weight excluding hydrogens is 526 g/mol. The van der Waals surface area contributed by atoms with E-state index in [-0.39, 0.29) is 11.3 Å². The van der Waals surface area contributed by atoms with Crippen molar-refractivity contribution in [3.8, 4) is 17.1 Å². The number of aliphatic imine (C=N–C) groups is 1. The lowest BCUT2D eigenvalue weighted by atomic mass is 10.2. The fraction of sp³-hybridized carbons (Fsp3) is 0.321. The summed E-state index contributed by atoms with van der Waals surface area (Å²) in [6.07, 6.45) is 3.34. The number of amides is 2. The van der Waals surface area contributed by atoms with Crippen LogP contribution in [0.25, 0.3) is 22.6 Å². The lowest BCUT2D eigenvalue weighted by Gasteiger charge is -2.11. The van der Waals surface area contributed by atoms with E-state index in [4.69, 9.17) is 4.74 Å². The zero-order valence-corrected chi connectivity index (χ0v) is 23.4. The van der Waals surface area contributed by atoms with Gasteiger partial charge in [0.05, 0.1) is 13.2 Å². The Morgan fingerprint density at radius 1 is 1.10 bits per heavy atom. The standard InChI is InChI=1S/C28H33N9O2S/c1-37(2)15-6-16-39-21-11-9-19(10-12-21)24-34-23-25(31-18-32-26(23)35-24)29-14-13-22-17-30-28(40-22)36-27(38)33-20-7-4-3-5-8-20/h3-5,7-12,18,22H,6,13-17H2,1-2H3,(H2,30,33,36,38)(H2,29,31,32,34,35). The molecule has 0 fully saturated rings. The Kier molecular flexibility index (Phi) is 9.09. The second kappa shape index (κ2) is 13.3. The number of benzene rings is 2. The number of rotatable bonds is 11. The summed E-state index contributed by atoms with van der Waals surface area (Å²) in [5.41, 5.74) is 3.04. The van der Waals surface area contributed by atoms with E-state index in [1.807, 2.05) is 54.6 Å². The zero-order valence-electron chi connectivity index (χ0n) is 22.6. The van der Waals surface area contributed by atoms with Crippen molar-refractivity contribution in [2.75, 3.05) is 51.0 Å². The van der Waals surface area contributed by atoms with Gasteiger partial charge in [-0.1, -0.05) is 30.0 Å². The molecule has 1 aliphatic rings. The van der Waals surface area contributed by atoms with Crippen LogP contribution in [0.2, 0.25) is 0 Å². The minimum atomic E-state index is -0.295. The molecule has 208 valence electrons. The Balaban J connectivity index is 1.10. The number of para-hydroxylation sites is 1. The summed E-state index contributed by atoms with van der Waals surface area (Å²) < 4.78 is 5.84. The van der Waals surface area contributed by atoms with Gasteiger partial charge in [-0.05, 0) is 63.3 Å². The lowest BCUT2D eigenvalue weighted by Crippen LogP contribution is -2.32. The summed E-state index contributed by atoms with van der Waals surface area (Å²) in [5, 5.41) is 9.93. The van der Waals surface area contributed by atoms with Crippen LogP contribution in [0.5, 0.6) is 5.75 Å². The number of fused-ring (bicyclic) bond motifs is 1. The first-order chi connectivity index (χ1) is 19.5. The summed E-state index contributed by atoms with van der Waals surface area (Å²) >= 11 is 1.57. The molecule has 0 aliphatic carbocycles. The lowest BCUT2D eigenvalue weighted by molar-refractivity contribution is 0.256. The number of aromatic amines is 1. The van der Waals surface area contributed by atoms with E-state index in [9.17, 15) is 4.79 Å². The maximum absolute atomic E-state index is 12.2. The Morgan fingerprint density at radius 3 is 2.73 bits per heavy atom. The van der Waals surface area contributed by atoms with Crippen molar-refractivity contribution in [1.29, 1.82) is 0 Å². The number of nitrogens with one attached hydrogen (secondary N) is 4. The summed E-state index contributed by atoms with van der Waals surface area (Å²) in [6.45, 7) is 3.01. The van der Waals surface area contributed by atoms with Gasteiger partial charge in [-0.2, -0.15) is 0 Å². The van der Waals surface area contributed by atoms with Crippen LogP contribution in [0.3, 0.4) is 0 Å². The number of hydrogen-bond donors (Lipinski definition) is 4. The average molecular weight is 560 g/mol. The molecule has 2 amide bonds. The van der Waals surface area contributed by atoms with Gasteiger partial charge in [0.25, 0.3) is 0 Å². The Morgan fingerprint density at radius 2 is 1.93 bits per heavy atom. The third-order valence-corrected chi connectivity index (χ3v) is 7.33. The van der Waals surface area contributed by atoms with Crippen LogP contribution in [0.15, 0.2) is 65.9 Å². The molecule has 2 aromatic heterocycles. The summed E-state index contributed by atoms with van der Waals surface area (Å²) in [7, 11) is 4.11. The number of amidine groups is 1. The van der Waals surface area contributed by atoms with Crippen molar-refractivity contribution in [3.63, 3.8) is 0 Å². The van der Waals surface area contributed by atoms with Gasteiger partial charge in [-0.3, -0.25) is 10.3 Å². The average Bonchev–Trinajstić information content (AvgIpc) is 3.59. The van der Waals surface area contributed by atoms with Gasteiger partial charge in [-0.25, -0.2) is 19.7 Å². The molecule has 3 heterocycles. The normalized spacial score (nSPS) is 14.8. The molecule has 0 spiro atoms. The van der Waals surface area contributed by atoms with Crippen molar-refractivity contribution in [2.45, 2.75) is 18.1 Å². The fourth-order valence-corrected chi connectivity index (χ4v) is 5.15. The molecule has 4 N–H and O–H groups in total. The number of carbonyl (C=O) groups is 1. The molecule has 0 bridgehead atoms. The van der Waals surface area contributed by atoms with Gasteiger partial charge in [0.1, 0.15) is 23.4 Å². The van der Waals surface area contributed by atoms with Crippen LogP contribution < -0.4 is 20.7 Å². The zero-order chi connectivity index (χ0) is 27.7. The minimum absolute atomic E-state index is 0.262. The van der Waals surface area contributed by atoms with E-state index in [1.165, 1.54) is 6.33 Å². The molecule has 1 aliphatic heterocycles. The quantitative estimate of drug-likeness (QED) is 0.198. The molecule has 12 heteroatoms. The fourth-order valence-electron chi connectivity index (χ4n) is 4.15. The molecule has 2 aromatic carbocycles. The summed E-state index contributed by atoms with van der Waals surface area (Å²) in [5.74, 6) is 2.26. The molecular formula is C28H33N9O2S. The van der Waals surface area contributed by atoms with E-state index in [0.717, 1.165) is 47.7 Å². The summed E-state index contributed by atoms with van der Waals surface area (Å²) in [6, 6.07) is 16.9. The monoisotopic (exact) mass is 559 g/mol. The van der Waals surface area contributed by atoms with E-state index in [1.54, 1.807) is 11.8 Å². The summed E-state index contributed by atoms with van der Waals surface area (Å²) in [4.78, 5) is 35.6. The van der Waals surface area contributed by atoms with Crippen molar-refractivity contribution in [3.05, 3.63) is 60.9 Å². The first kappa shape index (κ1) is 27.4. The van der Waals surface area contributed by atoms with E-state index >= 15 is 0 Å². The minimum Gasteiger partial charge on any atom is -0.494 e. The van der Waals surface area contributed by atoms with Crippen LogP contribution in [0.1, 0.15) is 12.8 Å².